The lowest BCUT2D eigenvalue weighted by Crippen LogP contribution is -2.18. The molecule has 1 N–H and O–H groups in total. The molecule has 16 heavy (non-hydrogen) atoms. The van der Waals surface area contributed by atoms with Gasteiger partial charge in [0.05, 0.1) is 5.69 Å². The van der Waals surface area contributed by atoms with Gasteiger partial charge in [0.15, 0.2) is 0 Å². The second-order valence-electron chi connectivity index (χ2n) is 4.38. The second-order valence-corrected chi connectivity index (χ2v) is 4.38. The highest BCUT2D eigenvalue weighted by Crippen LogP contribution is 2.14. The molecular formula is C13H16N2O. The van der Waals surface area contributed by atoms with E-state index in [9.17, 15) is 4.79 Å². The Morgan fingerprint density at radius 1 is 1.25 bits per heavy atom. The van der Waals surface area contributed by atoms with Crippen molar-refractivity contribution in [2.45, 2.75) is 20.4 Å². The van der Waals surface area contributed by atoms with Crippen LogP contribution in [-0.4, -0.2) is 9.78 Å². The molecule has 0 aliphatic rings. The van der Waals surface area contributed by atoms with Crippen LogP contribution in [0.25, 0.3) is 11.3 Å². The molecule has 0 aliphatic heterocycles. The van der Waals surface area contributed by atoms with Crippen molar-refractivity contribution in [1.82, 2.24) is 9.78 Å². The zero-order chi connectivity index (χ0) is 11.5. The van der Waals surface area contributed by atoms with Crippen molar-refractivity contribution in [1.29, 1.82) is 0 Å². The monoisotopic (exact) mass is 216 g/mol. The maximum atomic E-state index is 11.7. The quantitative estimate of drug-likeness (QED) is 0.841. The molecule has 1 aromatic heterocycles. The van der Waals surface area contributed by atoms with Crippen molar-refractivity contribution < 1.29 is 0 Å². The van der Waals surface area contributed by atoms with Crippen molar-refractivity contribution in [3.8, 4) is 11.3 Å². The summed E-state index contributed by atoms with van der Waals surface area (Å²) in [6, 6.07) is 11.5. The standard InChI is InChI=1S/C13H16N2O/c1-10(2)9-15-13(16)8-12(14-15)11-6-4-3-5-7-11/h3-8,10,14H,9H2,1-2H3. The fourth-order valence-corrected chi connectivity index (χ4v) is 1.70. The third-order valence-electron chi connectivity index (χ3n) is 2.42. The number of benzene rings is 1. The van der Waals surface area contributed by atoms with Gasteiger partial charge in [0.25, 0.3) is 5.56 Å². The molecule has 0 saturated heterocycles. The van der Waals surface area contributed by atoms with E-state index < -0.39 is 0 Å². The lowest BCUT2D eigenvalue weighted by molar-refractivity contribution is 0.474. The molecular weight excluding hydrogens is 200 g/mol. The number of aromatic amines is 1. The Morgan fingerprint density at radius 2 is 1.94 bits per heavy atom. The molecule has 2 rings (SSSR count). The van der Waals surface area contributed by atoms with E-state index >= 15 is 0 Å². The van der Waals surface area contributed by atoms with Gasteiger partial charge in [0.1, 0.15) is 0 Å². The zero-order valence-electron chi connectivity index (χ0n) is 9.60. The lowest BCUT2D eigenvalue weighted by Gasteiger charge is -2.04. The van der Waals surface area contributed by atoms with Gasteiger partial charge in [-0.25, -0.2) is 0 Å². The minimum atomic E-state index is 0.0348. The summed E-state index contributed by atoms with van der Waals surface area (Å²) in [5.74, 6) is 0.458. The third-order valence-corrected chi connectivity index (χ3v) is 2.42. The average molecular weight is 216 g/mol. The normalized spacial score (nSPS) is 10.9. The van der Waals surface area contributed by atoms with E-state index in [1.54, 1.807) is 10.7 Å². The molecule has 1 aromatic carbocycles. The lowest BCUT2D eigenvalue weighted by atomic mass is 10.2. The van der Waals surface area contributed by atoms with Crippen LogP contribution in [0.4, 0.5) is 0 Å². The molecule has 84 valence electrons. The number of nitrogens with zero attached hydrogens (tertiary/aromatic N) is 1. The zero-order valence-corrected chi connectivity index (χ0v) is 9.60. The number of nitrogens with one attached hydrogen (secondary N) is 1. The summed E-state index contributed by atoms with van der Waals surface area (Å²) in [5.41, 5.74) is 1.96. The second kappa shape index (κ2) is 4.39. The van der Waals surface area contributed by atoms with Gasteiger partial charge in [-0.2, -0.15) is 0 Å². The Morgan fingerprint density at radius 3 is 2.56 bits per heavy atom. The van der Waals surface area contributed by atoms with Gasteiger partial charge < -0.3 is 0 Å². The minimum absolute atomic E-state index is 0.0348. The Bertz CT molecular complexity index is 508. The smallest absolute Gasteiger partial charge is 0.267 e. The molecule has 0 aliphatic carbocycles. The largest absolute Gasteiger partial charge is 0.295 e. The van der Waals surface area contributed by atoms with Crippen LogP contribution in [0.3, 0.4) is 0 Å². The van der Waals surface area contributed by atoms with Crippen LogP contribution in [0.1, 0.15) is 13.8 Å². The molecule has 0 atom stereocenters. The molecule has 2 aromatic rings. The first-order chi connectivity index (χ1) is 7.66. The summed E-state index contributed by atoms with van der Waals surface area (Å²) in [7, 11) is 0. The van der Waals surface area contributed by atoms with Gasteiger partial charge in [-0.3, -0.25) is 14.6 Å². The van der Waals surface area contributed by atoms with E-state index in [4.69, 9.17) is 0 Å². The SMILES string of the molecule is CC(C)Cn1[nH]c(-c2ccccc2)cc1=O. The first-order valence-corrected chi connectivity index (χ1v) is 5.52. The molecule has 0 unspecified atom stereocenters. The molecule has 0 spiro atoms. The number of aromatic nitrogens is 2. The predicted octanol–water partition coefficient (Wildman–Crippen LogP) is 2.50. The molecule has 0 saturated carbocycles. The van der Waals surface area contributed by atoms with E-state index in [0.29, 0.717) is 5.92 Å². The number of rotatable bonds is 3. The summed E-state index contributed by atoms with van der Waals surface area (Å²) < 4.78 is 1.66. The molecule has 3 nitrogen and oxygen atoms in total. The van der Waals surface area contributed by atoms with Crippen LogP contribution < -0.4 is 5.56 Å². The highest BCUT2D eigenvalue weighted by Gasteiger charge is 2.05. The summed E-state index contributed by atoms with van der Waals surface area (Å²) in [6.07, 6.45) is 0. The van der Waals surface area contributed by atoms with E-state index in [-0.39, 0.29) is 5.56 Å². The van der Waals surface area contributed by atoms with Crippen molar-refractivity contribution in [3.63, 3.8) is 0 Å². The Kier molecular flexibility index (Phi) is 2.95. The molecule has 0 amide bonds. The Balaban J connectivity index is 2.35. The van der Waals surface area contributed by atoms with E-state index in [1.165, 1.54) is 0 Å². The Hall–Kier alpha value is -1.77. The minimum Gasteiger partial charge on any atom is -0.295 e. The number of hydrogen-bond donors (Lipinski definition) is 1. The van der Waals surface area contributed by atoms with Gasteiger partial charge in [0.2, 0.25) is 0 Å². The van der Waals surface area contributed by atoms with Crippen molar-refractivity contribution >= 4 is 0 Å². The molecule has 1 heterocycles. The first-order valence-electron chi connectivity index (χ1n) is 5.52. The summed E-state index contributed by atoms with van der Waals surface area (Å²) in [4.78, 5) is 11.7. The van der Waals surface area contributed by atoms with Crippen LogP contribution >= 0.6 is 0 Å². The van der Waals surface area contributed by atoms with Crippen molar-refractivity contribution in [3.05, 3.63) is 46.8 Å². The average Bonchev–Trinajstić information content (AvgIpc) is 2.61. The van der Waals surface area contributed by atoms with Gasteiger partial charge in [-0.1, -0.05) is 44.2 Å². The van der Waals surface area contributed by atoms with Crippen LogP contribution in [0.5, 0.6) is 0 Å². The van der Waals surface area contributed by atoms with E-state index in [2.05, 4.69) is 18.9 Å². The van der Waals surface area contributed by atoms with Crippen molar-refractivity contribution in [2.24, 2.45) is 5.92 Å². The van der Waals surface area contributed by atoms with Gasteiger partial charge in [-0.15, -0.1) is 0 Å². The first kappa shape index (κ1) is 10.7. The van der Waals surface area contributed by atoms with E-state index in [0.717, 1.165) is 17.8 Å². The Labute approximate surface area is 94.7 Å². The third kappa shape index (κ3) is 2.24. The van der Waals surface area contributed by atoms with Crippen LogP contribution in [0.15, 0.2) is 41.2 Å². The molecule has 0 fully saturated rings. The molecule has 0 bridgehead atoms. The highest BCUT2D eigenvalue weighted by atomic mass is 16.1. The fourth-order valence-electron chi connectivity index (χ4n) is 1.70. The van der Waals surface area contributed by atoms with E-state index in [1.807, 2.05) is 30.3 Å². The van der Waals surface area contributed by atoms with Crippen LogP contribution in [-0.2, 0) is 6.54 Å². The summed E-state index contributed by atoms with van der Waals surface area (Å²) in [5, 5.41) is 3.13. The summed E-state index contributed by atoms with van der Waals surface area (Å²) >= 11 is 0. The number of H-pyrrole nitrogens is 1. The topological polar surface area (TPSA) is 37.8 Å². The van der Waals surface area contributed by atoms with Gasteiger partial charge in [0, 0.05) is 12.6 Å². The van der Waals surface area contributed by atoms with Gasteiger partial charge in [-0.05, 0) is 11.5 Å². The van der Waals surface area contributed by atoms with Crippen LogP contribution in [0, 0.1) is 5.92 Å². The maximum Gasteiger partial charge on any atom is 0.267 e. The maximum absolute atomic E-state index is 11.7. The number of hydrogen-bond acceptors (Lipinski definition) is 1. The predicted molar refractivity (Wildman–Crippen MR) is 65.3 cm³/mol. The summed E-state index contributed by atoms with van der Waals surface area (Å²) in [6.45, 7) is 4.91. The van der Waals surface area contributed by atoms with Crippen molar-refractivity contribution in [2.75, 3.05) is 0 Å². The molecule has 0 radical (unpaired) electrons. The van der Waals surface area contributed by atoms with Gasteiger partial charge >= 0.3 is 0 Å². The fraction of sp³-hybridized carbons (Fsp3) is 0.308. The van der Waals surface area contributed by atoms with Crippen LogP contribution in [0.2, 0.25) is 0 Å². The highest BCUT2D eigenvalue weighted by molar-refractivity contribution is 5.57. The molecule has 3 heteroatoms.